The quantitative estimate of drug-likeness (QED) is 0.168. The molecule has 1 heterocycles. The third kappa shape index (κ3) is 6.27. The van der Waals surface area contributed by atoms with E-state index in [1.54, 1.807) is 7.11 Å². The Balaban J connectivity index is 1.29. The summed E-state index contributed by atoms with van der Waals surface area (Å²) in [6, 6.07) is 31.0. The molecule has 1 saturated heterocycles. The molecular formula is C33H38O6. The Morgan fingerprint density at radius 3 is 1.64 bits per heavy atom. The summed E-state index contributed by atoms with van der Waals surface area (Å²) >= 11 is 0. The molecule has 6 nitrogen and oxygen atoms in total. The van der Waals surface area contributed by atoms with Crippen LogP contribution >= 0.6 is 0 Å². The second-order valence-electron chi connectivity index (χ2n) is 10.9. The number of methoxy groups -OCH3 is 1. The number of rotatable bonds is 13. The monoisotopic (exact) mass is 530 g/mol. The largest absolute Gasteiger partial charge is 0.370 e. The predicted molar refractivity (Wildman–Crippen MR) is 147 cm³/mol. The first-order valence-electron chi connectivity index (χ1n) is 14.0. The van der Waals surface area contributed by atoms with E-state index in [4.69, 9.17) is 28.4 Å². The number of ether oxygens (including phenoxy) is 6. The molecule has 206 valence electrons. The average Bonchev–Trinajstić information content (AvgIpc) is 3.70. The van der Waals surface area contributed by atoms with Gasteiger partial charge in [-0.15, -0.1) is 0 Å². The highest BCUT2D eigenvalue weighted by molar-refractivity contribution is 5.18. The maximum Gasteiger partial charge on any atom is 0.146 e. The first kappa shape index (κ1) is 26.6. The van der Waals surface area contributed by atoms with Gasteiger partial charge in [-0.1, -0.05) is 91.0 Å². The molecule has 0 amide bonds. The molecule has 0 unspecified atom stereocenters. The molecule has 6 rings (SSSR count). The van der Waals surface area contributed by atoms with Gasteiger partial charge in [-0.2, -0.15) is 0 Å². The fraction of sp³-hybridized carbons (Fsp3) is 0.455. The summed E-state index contributed by atoms with van der Waals surface area (Å²) in [6.45, 7) is 2.42. The highest BCUT2D eigenvalue weighted by Gasteiger charge is 2.66. The van der Waals surface area contributed by atoms with Gasteiger partial charge in [0.25, 0.3) is 0 Å². The van der Waals surface area contributed by atoms with Crippen LogP contribution < -0.4 is 0 Å². The van der Waals surface area contributed by atoms with Crippen molar-refractivity contribution in [1.29, 1.82) is 0 Å². The Hall–Kier alpha value is -2.58. The minimum Gasteiger partial charge on any atom is -0.370 e. The first-order chi connectivity index (χ1) is 19.3. The summed E-state index contributed by atoms with van der Waals surface area (Å²) in [5.74, 6) is 0.629. The predicted octanol–water partition coefficient (Wildman–Crippen LogP) is 5.40. The van der Waals surface area contributed by atoms with E-state index in [0.717, 1.165) is 23.1 Å². The van der Waals surface area contributed by atoms with Gasteiger partial charge in [0.05, 0.1) is 50.8 Å². The zero-order chi connectivity index (χ0) is 26.4. The van der Waals surface area contributed by atoms with Crippen molar-refractivity contribution in [3.05, 3.63) is 108 Å². The van der Waals surface area contributed by atoms with Crippen molar-refractivity contribution in [3.8, 4) is 0 Å². The molecule has 0 N–H and O–H groups in total. The van der Waals surface area contributed by atoms with Crippen LogP contribution in [0.3, 0.4) is 0 Å². The average molecular weight is 531 g/mol. The summed E-state index contributed by atoms with van der Waals surface area (Å²) in [6.07, 6.45) is 0.828. The Kier molecular flexibility index (Phi) is 8.69. The van der Waals surface area contributed by atoms with Crippen molar-refractivity contribution >= 4 is 0 Å². The third-order valence-corrected chi connectivity index (χ3v) is 8.32. The zero-order valence-electron chi connectivity index (χ0n) is 22.5. The Morgan fingerprint density at radius 1 is 0.641 bits per heavy atom. The molecule has 2 saturated carbocycles. The molecule has 3 aliphatic rings. The highest BCUT2D eigenvalue weighted by atomic mass is 16.7. The third-order valence-electron chi connectivity index (χ3n) is 8.32. The molecule has 6 heteroatoms. The molecule has 3 aromatic carbocycles. The van der Waals surface area contributed by atoms with Crippen LogP contribution in [0.1, 0.15) is 23.1 Å². The first-order valence-corrected chi connectivity index (χ1v) is 14.0. The van der Waals surface area contributed by atoms with Gasteiger partial charge in [0, 0.05) is 18.9 Å². The second kappa shape index (κ2) is 12.7. The molecule has 0 aromatic heterocycles. The van der Waals surface area contributed by atoms with E-state index in [1.807, 2.05) is 30.3 Å². The van der Waals surface area contributed by atoms with Gasteiger partial charge in [0.2, 0.25) is 0 Å². The van der Waals surface area contributed by atoms with Crippen molar-refractivity contribution in [2.24, 2.45) is 17.8 Å². The molecule has 1 aliphatic heterocycles. The molecular weight excluding hydrogens is 492 g/mol. The maximum atomic E-state index is 6.80. The summed E-state index contributed by atoms with van der Waals surface area (Å²) in [4.78, 5) is 0. The molecule has 39 heavy (non-hydrogen) atoms. The molecule has 0 radical (unpaired) electrons. The normalized spacial score (nSPS) is 31.0. The van der Waals surface area contributed by atoms with Crippen molar-refractivity contribution in [3.63, 3.8) is 0 Å². The van der Waals surface area contributed by atoms with Crippen LogP contribution in [0.5, 0.6) is 0 Å². The van der Waals surface area contributed by atoms with Gasteiger partial charge in [-0.3, -0.25) is 0 Å². The van der Waals surface area contributed by atoms with E-state index in [2.05, 4.69) is 60.7 Å². The van der Waals surface area contributed by atoms with Gasteiger partial charge in [-0.05, 0) is 29.0 Å². The Labute approximate surface area is 231 Å². The Bertz CT molecular complexity index is 1140. The van der Waals surface area contributed by atoms with Crippen LogP contribution in [0.2, 0.25) is 0 Å². The molecule has 3 aromatic rings. The van der Waals surface area contributed by atoms with E-state index in [9.17, 15) is 0 Å². The summed E-state index contributed by atoms with van der Waals surface area (Å²) in [5.41, 5.74) is 3.43. The number of hydrogen-bond acceptors (Lipinski definition) is 6. The van der Waals surface area contributed by atoms with Gasteiger partial charge in [0.15, 0.2) is 0 Å². The number of epoxide rings is 1. The number of fused-ring (bicyclic) bond motifs is 3. The fourth-order valence-corrected chi connectivity index (χ4v) is 6.56. The van der Waals surface area contributed by atoms with Crippen LogP contribution in [-0.2, 0) is 48.2 Å². The lowest BCUT2D eigenvalue weighted by atomic mass is 9.73. The summed E-state index contributed by atoms with van der Waals surface area (Å²) in [5, 5.41) is 0. The lowest BCUT2D eigenvalue weighted by molar-refractivity contribution is -0.134. The van der Waals surface area contributed by atoms with Gasteiger partial charge in [0.1, 0.15) is 12.9 Å². The zero-order valence-corrected chi connectivity index (χ0v) is 22.5. The van der Waals surface area contributed by atoms with Gasteiger partial charge >= 0.3 is 0 Å². The topological polar surface area (TPSA) is 58.7 Å². The summed E-state index contributed by atoms with van der Waals surface area (Å²) in [7, 11) is 1.66. The lowest BCUT2D eigenvalue weighted by Crippen LogP contribution is -2.41. The van der Waals surface area contributed by atoms with Crippen molar-refractivity contribution < 1.29 is 28.4 Å². The van der Waals surface area contributed by atoms with Crippen molar-refractivity contribution in [2.45, 2.75) is 56.8 Å². The van der Waals surface area contributed by atoms with E-state index < -0.39 is 0 Å². The van der Waals surface area contributed by atoms with Crippen molar-refractivity contribution in [2.75, 3.05) is 20.5 Å². The van der Waals surface area contributed by atoms with Crippen LogP contribution in [0.15, 0.2) is 91.0 Å². The van der Waals surface area contributed by atoms with E-state index >= 15 is 0 Å². The molecule has 3 fully saturated rings. The van der Waals surface area contributed by atoms with E-state index in [0.29, 0.717) is 26.4 Å². The van der Waals surface area contributed by atoms with E-state index in [1.165, 1.54) is 0 Å². The fourth-order valence-electron chi connectivity index (χ4n) is 6.56. The smallest absolute Gasteiger partial charge is 0.146 e. The van der Waals surface area contributed by atoms with Crippen LogP contribution in [0.4, 0.5) is 0 Å². The Morgan fingerprint density at radius 2 is 1.13 bits per heavy atom. The molecule has 8 atom stereocenters. The minimum atomic E-state index is -0.236. The lowest BCUT2D eigenvalue weighted by Gasteiger charge is -2.35. The molecule has 0 spiro atoms. The standard InChI is InChI=1S/C33H38O6/c1-34-22-35-21-26-17-27-30(39-27)29-28(26)31(36-18-23-11-5-2-6-12-23)33(38-20-25-15-9-4-10-16-25)32(29)37-19-24-13-7-3-8-14-24/h2-16,26-33H,17-22H2,1H3/t26-,27+,28-,29+,30+,31+,32-,33-/m1/s1. The van der Waals surface area contributed by atoms with Crippen LogP contribution in [-0.4, -0.2) is 51.0 Å². The molecule has 0 bridgehead atoms. The van der Waals surface area contributed by atoms with Crippen molar-refractivity contribution in [1.82, 2.24) is 0 Å². The van der Waals surface area contributed by atoms with Gasteiger partial charge < -0.3 is 28.4 Å². The second-order valence-corrected chi connectivity index (χ2v) is 10.9. The van der Waals surface area contributed by atoms with Crippen LogP contribution in [0.25, 0.3) is 0 Å². The number of hydrogen-bond donors (Lipinski definition) is 0. The molecule has 2 aliphatic carbocycles. The van der Waals surface area contributed by atoms with Crippen LogP contribution in [0, 0.1) is 17.8 Å². The summed E-state index contributed by atoms with van der Waals surface area (Å²) < 4.78 is 37.7. The highest BCUT2D eigenvalue weighted by Crippen LogP contribution is 2.56. The minimum absolute atomic E-state index is 0.152. The maximum absolute atomic E-state index is 6.80. The SMILES string of the molecule is COCOC[C@H]1C[C@@H]2O[C@@H]2[C@H]2[C@@H](OCc3ccccc3)[C@H](OCc3ccccc3)[C@@H](OCc3ccccc3)[C@H]12. The van der Waals surface area contributed by atoms with E-state index in [-0.39, 0.29) is 55.1 Å². The number of benzene rings is 3. The van der Waals surface area contributed by atoms with Gasteiger partial charge in [-0.25, -0.2) is 0 Å².